The molecule has 1 aliphatic heterocycles. The summed E-state index contributed by atoms with van der Waals surface area (Å²) in [5.41, 5.74) is 12.7. The molecule has 0 aliphatic carbocycles. The van der Waals surface area contributed by atoms with Crippen LogP contribution in [0.5, 0.6) is 5.88 Å². The third-order valence-electron chi connectivity index (χ3n) is 6.79. The second kappa shape index (κ2) is 8.54. The molecule has 1 atom stereocenters. The molecule has 1 aliphatic rings. The van der Waals surface area contributed by atoms with Gasteiger partial charge in [-0.15, -0.1) is 0 Å². The van der Waals surface area contributed by atoms with Crippen molar-refractivity contribution in [3.05, 3.63) is 118 Å². The molecule has 0 bridgehead atoms. The van der Waals surface area contributed by atoms with Crippen LogP contribution in [0.4, 0.5) is 0 Å². The van der Waals surface area contributed by atoms with Crippen LogP contribution < -0.4 is 10.5 Å². The Morgan fingerprint density at radius 2 is 1.76 bits per heavy atom. The van der Waals surface area contributed by atoms with Gasteiger partial charge in [0.25, 0.3) is 5.91 Å². The summed E-state index contributed by atoms with van der Waals surface area (Å²) in [4.78, 5) is 17.5. The Bertz CT molecular complexity index is 1750. The molecule has 7 heteroatoms. The number of aromatic amines is 1. The van der Waals surface area contributed by atoms with Crippen LogP contribution >= 0.6 is 0 Å². The minimum absolute atomic E-state index is 0.0339. The predicted molar refractivity (Wildman–Crippen MR) is 141 cm³/mol. The smallest absolute Gasteiger partial charge is 0.298 e. The summed E-state index contributed by atoms with van der Waals surface area (Å²) in [6, 6.07) is 27.6. The van der Waals surface area contributed by atoms with Gasteiger partial charge in [0.15, 0.2) is 0 Å². The second-order valence-corrected chi connectivity index (χ2v) is 9.15. The number of nitrogens with two attached hydrogens (primary N) is 1. The molecule has 180 valence electrons. The molecule has 3 heterocycles. The Labute approximate surface area is 213 Å². The summed E-state index contributed by atoms with van der Waals surface area (Å²) in [5, 5.41) is 15.4. The van der Waals surface area contributed by atoms with Gasteiger partial charge in [0.1, 0.15) is 17.3 Å². The third kappa shape index (κ3) is 3.50. The highest BCUT2D eigenvalue weighted by atomic mass is 16.5. The van der Waals surface area contributed by atoms with E-state index in [-0.39, 0.29) is 17.7 Å². The van der Waals surface area contributed by atoms with E-state index < -0.39 is 5.92 Å². The maximum atomic E-state index is 14.1. The number of H-pyrrole nitrogens is 1. The first-order valence-electron chi connectivity index (χ1n) is 11.9. The standard InChI is InChI=1S/C30H23N5O2/c1-17-13-14-23-21(15-17)26(20-11-7-4-8-12-20)27(33-23)29(36)35-30-24(18(2)34-35)25(19-9-5-3-6-10-19)22(16-31)28(32)37-30/h3-15,25,33H,32H2,1-2H3. The van der Waals surface area contributed by atoms with Gasteiger partial charge in [-0.1, -0.05) is 72.3 Å². The van der Waals surface area contributed by atoms with Crippen LogP contribution in [0.3, 0.4) is 0 Å². The van der Waals surface area contributed by atoms with Gasteiger partial charge in [-0.2, -0.15) is 15.0 Å². The molecule has 0 saturated heterocycles. The molecule has 0 amide bonds. The molecule has 3 aromatic carbocycles. The van der Waals surface area contributed by atoms with E-state index in [1.807, 2.05) is 86.6 Å². The van der Waals surface area contributed by atoms with Gasteiger partial charge in [-0.25, -0.2) is 0 Å². The molecule has 5 aromatic rings. The fourth-order valence-electron chi connectivity index (χ4n) is 5.11. The fraction of sp³-hybridized carbons (Fsp3) is 0.100. The molecule has 2 aromatic heterocycles. The van der Waals surface area contributed by atoms with Gasteiger partial charge in [-0.3, -0.25) is 4.79 Å². The Hall–Kier alpha value is -5.09. The van der Waals surface area contributed by atoms with Gasteiger partial charge < -0.3 is 15.5 Å². The highest BCUT2D eigenvalue weighted by molar-refractivity contribution is 6.10. The molecular weight excluding hydrogens is 462 g/mol. The number of nitriles is 1. The van der Waals surface area contributed by atoms with Crippen LogP contribution in [-0.2, 0) is 0 Å². The van der Waals surface area contributed by atoms with E-state index in [0.717, 1.165) is 33.2 Å². The maximum absolute atomic E-state index is 14.1. The van der Waals surface area contributed by atoms with E-state index in [0.29, 0.717) is 22.5 Å². The average molecular weight is 486 g/mol. The third-order valence-corrected chi connectivity index (χ3v) is 6.79. The van der Waals surface area contributed by atoms with Crippen molar-refractivity contribution < 1.29 is 9.53 Å². The summed E-state index contributed by atoms with van der Waals surface area (Å²) in [7, 11) is 0. The number of benzene rings is 3. The molecule has 6 rings (SSSR count). The number of nitrogens with zero attached hydrogens (tertiary/aromatic N) is 3. The van der Waals surface area contributed by atoms with Crippen LogP contribution in [0, 0.1) is 25.2 Å². The average Bonchev–Trinajstić information content (AvgIpc) is 3.45. The summed E-state index contributed by atoms with van der Waals surface area (Å²) >= 11 is 0. The van der Waals surface area contributed by atoms with Crippen molar-refractivity contribution in [2.24, 2.45) is 5.73 Å². The molecule has 0 spiro atoms. The van der Waals surface area contributed by atoms with Gasteiger partial charge in [0.05, 0.1) is 17.2 Å². The predicted octanol–water partition coefficient (Wildman–Crippen LogP) is 5.55. The number of nitrogens with one attached hydrogen (secondary N) is 1. The van der Waals surface area contributed by atoms with Crippen molar-refractivity contribution in [3.8, 4) is 23.1 Å². The normalized spacial score (nSPS) is 14.8. The summed E-state index contributed by atoms with van der Waals surface area (Å²) < 4.78 is 7.18. The molecule has 0 fully saturated rings. The Balaban J connectivity index is 1.57. The lowest BCUT2D eigenvalue weighted by atomic mass is 9.84. The van der Waals surface area contributed by atoms with E-state index in [1.54, 1.807) is 0 Å². The summed E-state index contributed by atoms with van der Waals surface area (Å²) in [6.07, 6.45) is 0. The number of fused-ring (bicyclic) bond motifs is 2. The molecule has 37 heavy (non-hydrogen) atoms. The first-order valence-corrected chi connectivity index (χ1v) is 11.9. The van der Waals surface area contributed by atoms with Gasteiger partial charge in [-0.05, 0) is 37.1 Å². The zero-order chi connectivity index (χ0) is 25.7. The monoisotopic (exact) mass is 485 g/mol. The van der Waals surface area contributed by atoms with E-state index >= 15 is 0 Å². The molecule has 7 nitrogen and oxygen atoms in total. The number of rotatable bonds is 3. The van der Waals surface area contributed by atoms with Crippen LogP contribution in [0.2, 0.25) is 0 Å². The Morgan fingerprint density at radius 1 is 1.05 bits per heavy atom. The van der Waals surface area contributed by atoms with Gasteiger partial charge >= 0.3 is 0 Å². The van der Waals surface area contributed by atoms with E-state index in [2.05, 4.69) is 22.2 Å². The lowest BCUT2D eigenvalue weighted by Gasteiger charge is -2.24. The van der Waals surface area contributed by atoms with Crippen molar-refractivity contribution in [1.82, 2.24) is 14.8 Å². The van der Waals surface area contributed by atoms with Crippen molar-refractivity contribution in [2.75, 3.05) is 0 Å². The SMILES string of the molecule is Cc1ccc2[nH]c(C(=O)n3nc(C)c4c3OC(N)=C(C#N)C4c3ccccc3)c(-c3ccccc3)c2c1. The van der Waals surface area contributed by atoms with Gasteiger partial charge in [0, 0.05) is 16.5 Å². The van der Waals surface area contributed by atoms with Crippen LogP contribution in [-0.4, -0.2) is 20.7 Å². The second-order valence-electron chi connectivity index (χ2n) is 9.15. The molecule has 1 unspecified atom stereocenters. The van der Waals surface area contributed by atoms with Crippen molar-refractivity contribution >= 4 is 16.8 Å². The van der Waals surface area contributed by atoms with Crippen LogP contribution in [0.1, 0.15) is 38.8 Å². The van der Waals surface area contributed by atoms with Crippen LogP contribution in [0.25, 0.3) is 22.0 Å². The number of carbonyl (C=O) groups excluding carboxylic acids is 1. The number of aromatic nitrogens is 3. The van der Waals surface area contributed by atoms with E-state index in [9.17, 15) is 10.1 Å². The minimum atomic E-state index is -0.490. The first kappa shape index (κ1) is 22.4. The van der Waals surface area contributed by atoms with Gasteiger partial charge in [0.2, 0.25) is 11.8 Å². The zero-order valence-corrected chi connectivity index (χ0v) is 20.3. The fourth-order valence-corrected chi connectivity index (χ4v) is 5.11. The largest absolute Gasteiger partial charge is 0.422 e. The van der Waals surface area contributed by atoms with Crippen LogP contribution in [0.15, 0.2) is 90.3 Å². The highest BCUT2D eigenvalue weighted by Gasteiger charge is 2.37. The van der Waals surface area contributed by atoms with Crippen molar-refractivity contribution in [1.29, 1.82) is 5.26 Å². The number of ether oxygens (including phenoxy) is 1. The maximum Gasteiger partial charge on any atom is 0.298 e. The van der Waals surface area contributed by atoms with Crippen molar-refractivity contribution in [3.63, 3.8) is 0 Å². The minimum Gasteiger partial charge on any atom is -0.422 e. The number of allylic oxidation sites excluding steroid dienone is 1. The molecule has 0 saturated carbocycles. The lowest BCUT2D eigenvalue weighted by Crippen LogP contribution is -2.24. The zero-order valence-electron chi connectivity index (χ0n) is 20.3. The summed E-state index contributed by atoms with van der Waals surface area (Å²) in [6.45, 7) is 3.83. The quantitative estimate of drug-likeness (QED) is 0.348. The lowest BCUT2D eigenvalue weighted by molar-refractivity contribution is 0.0930. The van der Waals surface area contributed by atoms with Crippen molar-refractivity contribution in [2.45, 2.75) is 19.8 Å². The number of carbonyl (C=O) groups is 1. The molecule has 3 N–H and O–H groups in total. The number of hydrogen-bond donors (Lipinski definition) is 2. The first-order chi connectivity index (χ1) is 18.0. The summed E-state index contributed by atoms with van der Waals surface area (Å²) in [5.74, 6) is -0.678. The number of aryl methyl sites for hydroxylation is 2. The topological polar surface area (TPSA) is 110 Å². The Kier molecular flexibility index (Phi) is 5.16. The van der Waals surface area contributed by atoms with E-state index in [4.69, 9.17) is 10.5 Å². The van der Waals surface area contributed by atoms with E-state index in [1.165, 1.54) is 4.68 Å². The molecular formula is C30H23N5O2. The Morgan fingerprint density at radius 3 is 2.46 bits per heavy atom. The molecule has 0 radical (unpaired) electrons. The highest BCUT2D eigenvalue weighted by Crippen LogP contribution is 2.44. The number of hydrogen-bond acceptors (Lipinski definition) is 5.